The minimum absolute atomic E-state index is 0.0656. The number of hydrogen-bond acceptors (Lipinski definition) is 2. The molecule has 0 amide bonds. The third-order valence-corrected chi connectivity index (χ3v) is 1.74. The van der Waals surface area contributed by atoms with Gasteiger partial charge in [-0.2, -0.15) is 0 Å². The van der Waals surface area contributed by atoms with E-state index < -0.39 is 0 Å². The summed E-state index contributed by atoms with van der Waals surface area (Å²) in [7, 11) is 0. The highest BCUT2D eigenvalue weighted by atomic mass is 35.5. The number of anilines is 1. The van der Waals surface area contributed by atoms with Gasteiger partial charge in [-0.25, -0.2) is 0 Å². The maximum Gasteiger partial charge on any atom is 0.0697 e. The molecule has 0 aromatic heterocycles. The third kappa shape index (κ3) is 1.23. The van der Waals surface area contributed by atoms with E-state index in [-0.39, 0.29) is 6.61 Å². The molecule has 54 valence electrons. The minimum atomic E-state index is -0.0656. The first-order valence-electron chi connectivity index (χ1n) is 2.89. The Bertz CT molecular complexity index is 237. The molecule has 1 aromatic rings. The lowest BCUT2D eigenvalue weighted by Gasteiger charge is -2.01. The first-order valence-corrected chi connectivity index (χ1v) is 3.27. The Kier molecular flexibility index (Phi) is 2.14. The van der Waals surface area contributed by atoms with Crippen LogP contribution in [0.4, 0.5) is 5.69 Å². The van der Waals surface area contributed by atoms with E-state index in [2.05, 4.69) is 0 Å². The SMILES string of the molecule is Nc1cccc(CO)c1Cl. The van der Waals surface area contributed by atoms with Crippen molar-refractivity contribution in [1.82, 2.24) is 0 Å². The average molecular weight is 158 g/mol. The van der Waals surface area contributed by atoms with Crippen molar-refractivity contribution in [3.8, 4) is 0 Å². The van der Waals surface area contributed by atoms with Crippen LogP contribution < -0.4 is 5.73 Å². The van der Waals surface area contributed by atoms with Gasteiger partial charge in [0.1, 0.15) is 0 Å². The molecule has 2 nitrogen and oxygen atoms in total. The van der Waals surface area contributed by atoms with Crippen LogP contribution in [0.25, 0.3) is 0 Å². The largest absolute Gasteiger partial charge is 0.398 e. The Morgan fingerprint density at radius 1 is 1.50 bits per heavy atom. The number of benzene rings is 1. The molecule has 1 aromatic carbocycles. The summed E-state index contributed by atoms with van der Waals surface area (Å²) in [5, 5.41) is 9.15. The van der Waals surface area contributed by atoms with Gasteiger partial charge in [-0.1, -0.05) is 23.7 Å². The molecule has 0 bridgehead atoms. The van der Waals surface area contributed by atoms with Gasteiger partial charge >= 0.3 is 0 Å². The molecule has 10 heavy (non-hydrogen) atoms. The summed E-state index contributed by atoms with van der Waals surface area (Å²) < 4.78 is 0. The average Bonchev–Trinajstić information content (AvgIpc) is 1.95. The van der Waals surface area contributed by atoms with Crippen LogP contribution in [0.3, 0.4) is 0 Å². The fraction of sp³-hybridized carbons (Fsp3) is 0.143. The zero-order valence-electron chi connectivity index (χ0n) is 5.34. The molecule has 0 saturated carbocycles. The van der Waals surface area contributed by atoms with Crippen molar-refractivity contribution >= 4 is 17.3 Å². The Hall–Kier alpha value is -0.730. The Labute approximate surface area is 64.2 Å². The van der Waals surface area contributed by atoms with E-state index in [4.69, 9.17) is 22.4 Å². The van der Waals surface area contributed by atoms with Gasteiger partial charge in [0.2, 0.25) is 0 Å². The van der Waals surface area contributed by atoms with Gasteiger partial charge in [-0.05, 0) is 11.6 Å². The summed E-state index contributed by atoms with van der Waals surface area (Å²) in [6, 6.07) is 5.19. The van der Waals surface area contributed by atoms with Gasteiger partial charge in [-0.15, -0.1) is 0 Å². The number of nitrogens with two attached hydrogens (primary N) is 1. The molecule has 0 aliphatic rings. The number of aliphatic hydroxyl groups is 1. The van der Waals surface area contributed by atoms with E-state index in [1.54, 1.807) is 18.2 Å². The number of aliphatic hydroxyl groups excluding tert-OH is 1. The maximum absolute atomic E-state index is 8.70. The van der Waals surface area contributed by atoms with E-state index in [0.717, 1.165) is 0 Å². The summed E-state index contributed by atoms with van der Waals surface area (Å²) in [5.41, 5.74) is 6.63. The molecule has 0 heterocycles. The molecule has 0 aliphatic heterocycles. The van der Waals surface area contributed by atoms with Crippen molar-refractivity contribution in [2.75, 3.05) is 5.73 Å². The quantitative estimate of drug-likeness (QED) is 0.606. The van der Waals surface area contributed by atoms with Crippen LogP contribution in [-0.4, -0.2) is 5.11 Å². The summed E-state index contributed by atoms with van der Waals surface area (Å²) in [5.74, 6) is 0. The van der Waals surface area contributed by atoms with Crippen LogP contribution in [0, 0.1) is 0 Å². The number of rotatable bonds is 1. The topological polar surface area (TPSA) is 46.2 Å². The van der Waals surface area contributed by atoms with Crippen molar-refractivity contribution in [2.45, 2.75) is 6.61 Å². The third-order valence-electron chi connectivity index (χ3n) is 1.28. The second-order valence-corrected chi connectivity index (χ2v) is 2.36. The Morgan fingerprint density at radius 2 is 2.20 bits per heavy atom. The van der Waals surface area contributed by atoms with E-state index in [1.807, 2.05) is 0 Å². The van der Waals surface area contributed by atoms with Crippen LogP contribution in [0.2, 0.25) is 5.02 Å². The van der Waals surface area contributed by atoms with Crippen LogP contribution >= 0.6 is 11.6 Å². The predicted octanol–water partition coefficient (Wildman–Crippen LogP) is 1.41. The Morgan fingerprint density at radius 3 is 2.70 bits per heavy atom. The highest BCUT2D eigenvalue weighted by Crippen LogP contribution is 2.22. The minimum Gasteiger partial charge on any atom is -0.398 e. The summed E-state index contributed by atoms with van der Waals surface area (Å²) in [4.78, 5) is 0. The molecular weight excluding hydrogens is 150 g/mol. The highest BCUT2D eigenvalue weighted by molar-refractivity contribution is 6.33. The maximum atomic E-state index is 8.70. The van der Waals surface area contributed by atoms with Gasteiger partial charge in [0.25, 0.3) is 0 Å². The summed E-state index contributed by atoms with van der Waals surface area (Å²) in [6.07, 6.45) is 0. The highest BCUT2D eigenvalue weighted by Gasteiger charge is 1.99. The fourth-order valence-corrected chi connectivity index (χ4v) is 0.908. The molecule has 0 aliphatic carbocycles. The smallest absolute Gasteiger partial charge is 0.0697 e. The lowest BCUT2D eigenvalue weighted by Crippen LogP contribution is -1.90. The first kappa shape index (κ1) is 7.38. The molecule has 3 N–H and O–H groups in total. The lowest BCUT2D eigenvalue weighted by atomic mass is 10.2. The fourth-order valence-electron chi connectivity index (χ4n) is 0.722. The summed E-state index contributed by atoms with van der Waals surface area (Å²) >= 11 is 5.71. The summed E-state index contributed by atoms with van der Waals surface area (Å²) in [6.45, 7) is -0.0656. The monoisotopic (exact) mass is 157 g/mol. The van der Waals surface area contributed by atoms with Crippen molar-refractivity contribution in [3.63, 3.8) is 0 Å². The lowest BCUT2D eigenvalue weighted by molar-refractivity contribution is 0.282. The van der Waals surface area contributed by atoms with E-state index in [9.17, 15) is 0 Å². The van der Waals surface area contributed by atoms with Crippen LogP contribution in [0.5, 0.6) is 0 Å². The van der Waals surface area contributed by atoms with Crippen LogP contribution in [-0.2, 0) is 6.61 Å². The number of nitrogen functional groups attached to an aromatic ring is 1. The molecule has 0 fully saturated rings. The zero-order chi connectivity index (χ0) is 7.56. The van der Waals surface area contributed by atoms with E-state index >= 15 is 0 Å². The van der Waals surface area contributed by atoms with Gasteiger partial charge < -0.3 is 10.8 Å². The van der Waals surface area contributed by atoms with Gasteiger partial charge in [0.15, 0.2) is 0 Å². The molecular formula is C7H8ClNO. The molecule has 0 atom stereocenters. The van der Waals surface area contributed by atoms with Gasteiger partial charge in [-0.3, -0.25) is 0 Å². The normalized spacial score (nSPS) is 9.80. The second-order valence-electron chi connectivity index (χ2n) is 1.98. The van der Waals surface area contributed by atoms with Crippen molar-refractivity contribution in [3.05, 3.63) is 28.8 Å². The molecule has 0 spiro atoms. The Balaban J connectivity index is 3.14. The molecule has 0 saturated heterocycles. The van der Waals surface area contributed by atoms with Crippen molar-refractivity contribution in [1.29, 1.82) is 0 Å². The standard InChI is InChI=1S/C7H8ClNO/c8-7-5(4-10)2-1-3-6(7)9/h1-3,10H,4,9H2. The van der Waals surface area contributed by atoms with Crippen LogP contribution in [0.15, 0.2) is 18.2 Å². The van der Waals surface area contributed by atoms with Gasteiger partial charge in [0.05, 0.1) is 17.3 Å². The zero-order valence-corrected chi connectivity index (χ0v) is 6.10. The predicted molar refractivity (Wildman–Crippen MR) is 41.8 cm³/mol. The van der Waals surface area contributed by atoms with Crippen LogP contribution in [0.1, 0.15) is 5.56 Å². The van der Waals surface area contributed by atoms with Gasteiger partial charge in [0, 0.05) is 0 Å². The second kappa shape index (κ2) is 2.90. The van der Waals surface area contributed by atoms with E-state index in [1.165, 1.54) is 0 Å². The van der Waals surface area contributed by atoms with E-state index in [0.29, 0.717) is 16.3 Å². The first-order chi connectivity index (χ1) is 4.75. The van der Waals surface area contributed by atoms with Crippen molar-refractivity contribution < 1.29 is 5.11 Å². The van der Waals surface area contributed by atoms with Crippen molar-refractivity contribution in [2.24, 2.45) is 0 Å². The molecule has 0 radical (unpaired) electrons. The number of halogens is 1. The number of hydrogen-bond donors (Lipinski definition) is 2. The molecule has 3 heteroatoms. The molecule has 0 unspecified atom stereocenters. The molecule has 1 rings (SSSR count).